The molecule has 1 aromatic rings. The van der Waals surface area contributed by atoms with Crippen molar-refractivity contribution < 1.29 is 14.7 Å². The minimum Gasteiger partial charge on any atom is -0.480 e. The Bertz CT molecular complexity index is 581. The van der Waals surface area contributed by atoms with Gasteiger partial charge in [-0.15, -0.1) is 0 Å². The lowest BCUT2D eigenvalue weighted by atomic mass is 9.93. The Hall–Kier alpha value is -1.88. The zero-order valence-electron chi connectivity index (χ0n) is 16.9. The van der Waals surface area contributed by atoms with Gasteiger partial charge in [0, 0.05) is 0 Å². The number of carbonyl (C=O) groups excluding carboxylic acids is 1. The summed E-state index contributed by atoms with van der Waals surface area (Å²) in [7, 11) is 0. The Morgan fingerprint density at radius 1 is 1.00 bits per heavy atom. The van der Waals surface area contributed by atoms with Crippen LogP contribution in [0.2, 0.25) is 0 Å². The van der Waals surface area contributed by atoms with Gasteiger partial charge in [0.2, 0.25) is 5.91 Å². The van der Waals surface area contributed by atoms with E-state index in [2.05, 4.69) is 62.6 Å². The highest BCUT2D eigenvalue weighted by atomic mass is 16.4. The molecule has 3 N–H and O–H groups in total. The third-order valence-corrected chi connectivity index (χ3v) is 4.91. The number of carboxylic acids is 1. The molecule has 0 radical (unpaired) electrons. The summed E-state index contributed by atoms with van der Waals surface area (Å²) in [4.78, 5) is 23.7. The molecular weight excluding hydrogens is 328 g/mol. The first-order chi connectivity index (χ1) is 12.2. The molecule has 146 valence electrons. The predicted octanol–water partition coefficient (Wildman–Crippen LogP) is 3.71. The SMILES string of the molecule is CC[C@H](C)[C@H](NCC(=O)NC(c1ccc(C(C)C)cc1)C(C)C)C(=O)O. The molecule has 0 aliphatic heterocycles. The highest BCUT2D eigenvalue weighted by Crippen LogP contribution is 2.24. The Kier molecular flexibility index (Phi) is 8.79. The number of carbonyl (C=O) groups is 2. The molecule has 0 heterocycles. The second-order valence-electron chi connectivity index (χ2n) is 7.69. The van der Waals surface area contributed by atoms with E-state index in [1.165, 1.54) is 5.56 Å². The van der Waals surface area contributed by atoms with E-state index in [0.717, 1.165) is 12.0 Å². The van der Waals surface area contributed by atoms with Crippen molar-refractivity contribution in [2.24, 2.45) is 11.8 Å². The van der Waals surface area contributed by atoms with Crippen molar-refractivity contribution in [3.63, 3.8) is 0 Å². The fraction of sp³-hybridized carbons (Fsp3) is 0.619. The van der Waals surface area contributed by atoms with E-state index in [9.17, 15) is 14.7 Å². The Morgan fingerprint density at radius 2 is 1.54 bits per heavy atom. The Labute approximate surface area is 157 Å². The zero-order valence-corrected chi connectivity index (χ0v) is 16.9. The van der Waals surface area contributed by atoms with E-state index in [0.29, 0.717) is 5.92 Å². The fourth-order valence-corrected chi connectivity index (χ4v) is 2.92. The first-order valence-electron chi connectivity index (χ1n) is 9.52. The van der Waals surface area contributed by atoms with Gasteiger partial charge in [0.25, 0.3) is 0 Å². The molecule has 5 nitrogen and oxygen atoms in total. The number of nitrogens with one attached hydrogen (secondary N) is 2. The van der Waals surface area contributed by atoms with Gasteiger partial charge in [-0.05, 0) is 28.9 Å². The van der Waals surface area contributed by atoms with Crippen LogP contribution in [0.1, 0.15) is 71.0 Å². The first-order valence-corrected chi connectivity index (χ1v) is 9.52. The van der Waals surface area contributed by atoms with Crippen LogP contribution in [0.25, 0.3) is 0 Å². The minimum atomic E-state index is -0.920. The van der Waals surface area contributed by atoms with Crippen LogP contribution in [0.4, 0.5) is 0 Å². The van der Waals surface area contributed by atoms with Gasteiger partial charge in [-0.2, -0.15) is 0 Å². The van der Waals surface area contributed by atoms with E-state index in [1.807, 2.05) is 13.8 Å². The number of amides is 1. The van der Waals surface area contributed by atoms with Crippen molar-refractivity contribution >= 4 is 11.9 Å². The molecule has 5 heteroatoms. The number of aliphatic carboxylic acids is 1. The van der Waals surface area contributed by atoms with Gasteiger partial charge in [-0.3, -0.25) is 14.9 Å². The molecule has 26 heavy (non-hydrogen) atoms. The summed E-state index contributed by atoms with van der Waals surface area (Å²) in [6.07, 6.45) is 0.738. The van der Waals surface area contributed by atoms with E-state index in [4.69, 9.17) is 0 Å². The summed E-state index contributed by atoms with van der Waals surface area (Å²) in [5.41, 5.74) is 2.33. The van der Waals surface area contributed by atoms with Gasteiger partial charge in [0.15, 0.2) is 0 Å². The summed E-state index contributed by atoms with van der Waals surface area (Å²) in [6.45, 7) is 12.2. The number of carboxylic acid groups (broad SMARTS) is 1. The van der Waals surface area contributed by atoms with Gasteiger partial charge < -0.3 is 10.4 Å². The quantitative estimate of drug-likeness (QED) is 0.593. The molecular formula is C21H34N2O3. The van der Waals surface area contributed by atoms with E-state index in [-0.39, 0.29) is 30.3 Å². The molecule has 0 aliphatic rings. The van der Waals surface area contributed by atoms with Crippen molar-refractivity contribution in [2.75, 3.05) is 6.54 Å². The maximum absolute atomic E-state index is 12.4. The number of benzene rings is 1. The number of rotatable bonds is 10. The molecule has 0 spiro atoms. The van der Waals surface area contributed by atoms with Crippen LogP contribution in [0.15, 0.2) is 24.3 Å². The largest absolute Gasteiger partial charge is 0.480 e. The molecule has 1 unspecified atom stereocenters. The normalized spacial score (nSPS) is 14.9. The van der Waals surface area contributed by atoms with Crippen molar-refractivity contribution in [2.45, 2.75) is 66.0 Å². The minimum absolute atomic E-state index is 0.00535. The van der Waals surface area contributed by atoms with Gasteiger partial charge in [0.05, 0.1) is 12.6 Å². The maximum Gasteiger partial charge on any atom is 0.320 e. The van der Waals surface area contributed by atoms with Crippen LogP contribution in [0, 0.1) is 11.8 Å². The number of hydrogen-bond donors (Lipinski definition) is 3. The molecule has 1 rings (SSSR count). The molecule has 0 fully saturated rings. The number of hydrogen-bond acceptors (Lipinski definition) is 3. The molecule has 0 aromatic heterocycles. The summed E-state index contributed by atoms with van der Waals surface area (Å²) in [5.74, 6) is -0.449. The van der Waals surface area contributed by atoms with E-state index in [1.54, 1.807) is 0 Å². The van der Waals surface area contributed by atoms with Crippen molar-refractivity contribution in [3.8, 4) is 0 Å². The first kappa shape index (κ1) is 22.2. The lowest BCUT2D eigenvalue weighted by Crippen LogP contribution is -2.47. The zero-order chi connectivity index (χ0) is 19.9. The smallest absolute Gasteiger partial charge is 0.320 e. The summed E-state index contributed by atoms with van der Waals surface area (Å²) >= 11 is 0. The van der Waals surface area contributed by atoms with Crippen LogP contribution < -0.4 is 10.6 Å². The molecule has 1 aromatic carbocycles. The molecule has 0 aliphatic carbocycles. The Morgan fingerprint density at radius 3 is 1.96 bits per heavy atom. The van der Waals surface area contributed by atoms with Crippen LogP contribution in [0.3, 0.4) is 0 Å². The third kappa shape index (κ3) is 6.45. The van der Waals surface area contributed by atoms with Crippen molar-refractivity contribution in [3.05, 3.63) is 35.4 Å². The summed E-state index contributed by atoms with van der Waals surface area (Å²) in [5, 5.41) is 15.2. The topological polar surface area (TPSA) is 78.4 Å². The third-order valence-electron chi connectivity index (χ3n) is 4.91. The predicted molar refractivity (Wildman–Crippen MR) is 105 cm³/mol. The average Bonchev–Trinajstić information content (AvgIpc) is 2.59. The molecule has 0 saturated heterocycles. The van der Waals surface area contributed by atoms with Gasteiger partial charge in [-0.1, -0.05) is 72.2 Å². The van der Waals surface area contributed by atoms with Crippen LogP contribution in [0.5, 0.6) is 0 Å². The van der Waals surface area contributed by atoms with Crippen LogP contribution in [-0.4, -0.2) is 29.6 Å². The monoisotopic (exact) mass is 362 g/mol. The maximum atomic E-state index is 12.4. The van der Waals surface area contributed by atoms with Crippen molar-refractivity contribution in [1.29, 1.82) is 0 Å². The van der Waals surface area contributed by atoms with Gasteiger partial charge >= 0.3 is 5.97 Å². The van der Waals surface area contributed by atoms with Crippen molar-refractivity contribution in [1.82, 2.24) is 10.6 Å². The second kappa shape index (κ2) is 10.3. The van der Waals surface area contributed by atoms with Crippen LogP contribution >= 0.6 is 0 Å². The highest BCUT2D eigenvalue weighted by Gasteiger charge is 2.24. The van der Waals surface area contributed by atoms with Gasteiger partial charge in [-0.25, -0.2) is 0 Å². The van der Waals surface area contributed by atoms with E-state index >= 15 is 0 Å². The molecule has 0 bridgehead atoms. The fourth-order valence-electron chi connectivity index (χ4n) is 2.92. The average molecular weight is 363 g/mol. The molecule has 3 atom stereocenters. The van der Waals surface area contributed by atoms with Gasteiger partial charge in [0.1, 0.15) is 6.04 Å². The van der Waals surface area contributed by atoms with E-state index < -0.39 is 12.0 Å². The lowest BCUT2D eigenvalue weighted by Gasteiger charge is -2.25. The summed E-state index contributed by atoms with van der Waals surface area (Å²) in [6, 6.07) is 7.51. The molecule has 1 amide bonds. The highest BCUT2D eigenvalue weighted by molar-refractivity contribution is 5.80. The van der Waals surface area contributed by atoms with Crippen LogP contribution in [-0.2, 0) is 9.59 Å². The lowest BCUT2D eigenvalue weighted by molar-refractivity contribution is -0.141. The molecule has 0 saturated carbocycles. The second-order valence-corrected chi connectivity index (χ2v) is 7.69. The summed E-state index contributed by atoms with van der Waals surface area (Å²) < 4.78 is 0. The Balaban J connectivity index is 2.75. The standard InChI is InChI=1S/C21H34N2O3/c1-7-15(6)20(21(25)26)22-12-18(24)23-19(14(4)5)17-10-8-16(9-11-17)13(2)3/h8-11,13-15,19-20,22H,7,12H2,1-6H3,(H,23,24)(H,25,26)/t15-,19?,20-/m0/s1.